The zero-order valence-electron chi connectivity index (χ0n) is 12.7. The fourth-order valence-electron chi connectivity index (χ4n) is 2.39. The number of carbonyl (C=O) groups excluding carboxylic acids is 2. The van der Waals surface area contributed by atoms with Gasteiger partial charge in [0.25, 0.3) is 5.91 Å². The Balaban J connectivity index is 1.64. The Hall–Kier alpha value is -2.89. The Labute approximate surface area is 134 Å². The van der Waals surface area contributed by atoms with Gasteiger partial charge in [0.15, 0.2) is 0 Å². The molecular formula is C17H17N3O3. The van der Waals surface area contributed by atoms with Crippen molar-refractivity contribution in [1.29, 1.82) is 0 Å². The molecule has 1 saturated heterocycles. The van der Waals surface area contributed by atoms with Crippen molar-refractivity contribution in [1.82, 2.24) is 9.88 Å². The largest absolute Gasteiger partial charge is 0.487 e. The maximum Gasteiger partial charge on any atom is 0.251 e. The summed E-state index contributed by atoms with van der Waals surface area (Å²) < 4.78 is 5.70. The molecule has 1 aliphatic rings. The van der Waals surface area contributed by atoms with Crippen molar-refractivity contribution in [3.05, 3.63) is 54.4 Å². The number of ether oxygens (including phenoxy) is 1. The molecule has 0 aliphatic carbocycles. The zero-order valence-corrected chi connectivity index (χ0v) is 12.7. The summed E-state index contributed by atoms with van der Waals surface area (Å²) >= 11 is 0. The summed E-state index contributed by atoms with van der Waals surface area (Å²) in [7, 11) is 1.50. The number of anilines is 1. The van der Waals surface area contributed by atoms with Gasteiger partial charge in [-0.05, 0) is 24.3 Å². The van der Waals surface area contributed by atoms with Gasteiger partial charge >= 0.3 is 0 Å². The first-order valence-electron chi connectivity index (χ1n) is 7.33. The summed E-state index contributed by atoms with van der Waals surface area (Å²) in [4.78, 5) is 28.8. The minimum absolute atomic E-state index is 0.171. The Bertz CT molecular complexity index is 718. The number of aromatic nitrogens is 1. The molecule has 1 aliphatic heterocycles. The molecule has 23 heavy (non-hydrogen) atoms. The average molecular weight is 311 g/mol. The zero-order chi connectivity index (χ0) is 16.2. The van der Waals surface area contributed by atoms with Crippen molar-refractivity contribution in [2.45, 2.75) is 19.1 Å². The van der Waals surface area contributed by atoms with E-state index >= 15 is 0 Å². The Morgan fingerprint density at radius 3 is 2.83 bits per heavy atom. The van der Waals surface area contributed by atoms with Crippen molar-refractivity contribution >= 4 is 17.5 Å². The summed E-state index contributed by atoms with van der Waals surface area (Å²) in [5, 5.41) is 3.08. The first kappa shape index (κ1) is 15.0. The van der Waals surface area contributed by atoms with E-state index in [-0.39, 0.29) is 18.2 Å². The molecule has 1 unspecified atom stereocenters. The number of hydrogen-bond donors (Lipinski definition) is 1. The van der Waals surface area contributed by atoms with Crippen LogP contribution in [0.25, 0.3) is 0 Å². The van der Waals surface area contributed by atoms with Gasteiger partial charge in [0.05, 0.1) is 12.1 Å². The molecule has 1 atom stereocenters. The molecule has 1 aromatic carbocycles. The molecule has 0 spiro atoms. The summed E-state index contributed by atoms with van der Waals surface area (Å²) in [6, 6.07) is 12.4. The molecule has 0 saturated carbocycles. The summed E-state index contributed by atoms with van der Waals surface area (Å²) in [5.74, 6) is 0.288. The molecular weight excluding hydrogens is 294 g/mol. The molecule has 1 aromatic heterocycles. The molecule has 0 bridgehead atoms. The third-order valence-electron chi connectivity index (χ3n) is 3.67. The fraction of sp³-hybridized carbons (Fsp3) is 0.235. The van der Waals surface area contributed by atoms with Crippen LogP contribution in [0.1, 0.15) is 12.1 Å². The Morgan fingerprint density at radius 1 is 1.26 bits per heavy atom. The molecule has 118 valence electrons. The standard InChI is InChI=1S/C17H17N3O3/c1-20-16(21)10-15(17(20)22)19-12-6-4-7-14(9-12)23-11-13-5-2-3-8-18-13/h2-9,15,19H,10-11H2,1H3. The van der Waals surface area contributed by atoms with Gasteiger partial charge in [0.2, 0.25) is 5.91 Å². The molecule has 2 aromatic rings. The van der Waals surface area contributed by atoms with Gasteiger partial charge in [-0.25, -0.2) is 0 Å². The van der Waals surface area contributed by atoms with Crippen molar-refractivity contribution in [3.8, 4) is 5.75 Å². The number of likely N-dealkylation sites (tertiary alicyclic amines) is 1. The highest BCUT2D eigenvalue weighted by atomic mass is 16.5. The molecule has 6 nitrogen and oxygen atoms in total. The van der Waals surface area contributed by atoms with Gasteiger partial charge in [0.1, 0.15) is 18.4 Å². The number of nitrogens with one attached hydrogen (secondary N) is 1. The minimum Gasteiger partial charge on any atom is -0.487 e. The molecule has 2 heterocycles. The van der Waals surface area contributed by atoms with E-state index < -0.39 is 6.04 Å². The number of imide groups is 1. The van der Waals surface area contributed by atoms with Crippen LogP contribution < -0.4 is 10.1 Å². The monoisotopic (exact) mass is 311 g/mol. The topological polar surface area (TPSA) is 71.5 Å². The highest BCUT2D eigenvalue weighted by Crippen LogP contribution is 2.22. The van der Waals surface area contributed by atoms with E-state index in [2.05, 4.69) is 10.3 Å². The van der Waals surface area contributed by atoms with Gasteiger partial charge < -0.3 is 10.1 Å². The maximum absolute atomic E-state index is 11.9. The highest BCUT2D eigenvalue weighted by Gasteiger charge is 2.35. The smallest absolute Gasteiger partial charge is 0.251 e. The van der Waals surface area contributed by atoms with Gasteiger partial charge in [-0.15, -0.1) is 0 Å². The van der Waals surface area contributed by atoms with E-state index in [1.807, 2.05) is 36.4 Å². The lowest BCUT2D eigenvalue weighted by Crippen LogP contribution is -2.31. The van der Waals surface area contributed by atoms with E-state index in [4.69, 9.17) is 4.74 Å². The van der Waals surface area contributed by atoms with Crippen LogP contribution in [0.5, 0.6) is 5.75 Å². The van der Waals surface area contributed by atoms with E-state index in [0.717, 1.165) is 16.3 Å². The van der Waals surface area contributed by atoms with Gasteiger partial charge in [-0.2, -0.15) is 0 Å². The summed E-state index contributed by atoms with van der Waals surface area (Å²) in [6.45, 7) is 0.369. The van der Waals surface area contributed by atoms with Gasteiger partial charge in [0, 0.05) is 25.0 Å². The number of likely N-dealkylation sites (N-methyl/N-ethyl adjacent to an activating group) is 1. The first-order chi connectivity index (χ1) is 11.1. The van der Waals surface area contributed by atoms with Crippen LogP contribution in [-0.2, 0) is 16.2 Å². The van der Waals surface area contributed by atoms with Gasteiger partial charge in [-0.1, -0.05) is 12.1 Å². The van der Waals surface area contributed by atoms with E-state index in [0.29, 0.717) is 12.4 Å². The quantitative estimate of drug-likeness (QED) is 0.853. The lowest BCUT2D eigenvalue weighted by molar-refractivity contribution is -0.136. The molecule has 6 heteroatoms. The van der Waals surface area contributed by atoms with Crippen molar-refractivity contribution in [3.63, 3.8) is 0 Å². The van der Waals surface area contributed by atoms with Crippen LogP contribution in [-0.4, -0.2) is 34.8 Å². The number of amides is 2. The summed E-state index contributed by atoms with van der Waals surface area (Å²) in [6.07, 6.45) is 1.89. The molecule has 3 rings (SSSR count). The van der Waals surface area contributed by atoms with Crippen molar-refractivity contribution < 1.29 is 14.3 Å². The van der Waals surface area contributed by atoms with Gasteiger partial charge in [-0.3, -0.25) is 19.5 Å². The number of hydrogen-bond acceptors (Lipinski definition) is 5. The van der Waals surface area contributed by atoms with Crippen LogP contribution in [0.3, 0.4) is 0 Å². The van der Waals surface area contributed by atoms with Crippen LogP contribution in [0, 0.1) is 0 Å². The number of benzene rings is 1. The normalized spacial score (nSPS) is 17.4. The molecule has 2 amide bonds. The van der Waals surface area contributed by atoms with E-state index in [1.165, 1.54) is 7.05 Å². The minimum atomic E-state index is -0.515. The number of rotatable bonds is 5. The van der Waals surface area contributed by atoms with Crippen LogP contribution in [0.2, 0.25) is 0 Å². The second-order valence-corrected chi connectivity index (χ2v) is 5.33. The molecule has 1 fully saturated rings. The average Bonchev–Trinajstić information content (AvgIpc) is 2.81. The van der Waals surface area contributed by atoms with Crippen LogP contribution in [0.4, 0.5) is 5.69 Å². The second kappa shape index (κ2) is 6.48. The Kier molecular flexibility index (Phi) is 4.23. The lowest BCUT2D eigenvalue weighted by Gasteiger charge is -2.13. The molecule has 0 radical (unpaired) electrons. The predicted octanol–water partition coefficient (Wildman–Crippen LogP) is 1.83. The van der Waals surface area contributed by atoms with Crippen LogP contribution >= 0.6 is 0 Å². The first-order valence-corrected chi connectivity index (χ1v) is 7.33. The number of carbonyl (C=O) groups is 2. The predicted molar refractivity (Wildman–Crippen MR) is 84.8 cm³/mol. The van der Waals surface area contributed by atoms with Crippen molar-refractivity contribution in [2.75, 3.05) is 12.4 Å². The maximum atomic E-state index is 11.9. The van der Waals surface area contributed by atoms with Crippen molar-refractivity contribution in [2.24, 2.45) is 0 Å². The van der Waals surface area contributed by atoms with E-state index in [1.54, 1.807) is 12.3 Å². The lowest BCUT2D eigenvalue weighted by atomic mass is 10.2. The highest BCUT2D eigenvalue weighted by molar-refractivity contribution is 6.06. The second-order valence-electron chi connectivity index (χ2n) is 5.33. The summed E-state index contributed by atoms with van der Waals surface area (Å²) in [5.41, 5.74) is 1.58. The molecule has 1 N–H and O–H groups in total. The number of nitrogens with zero attached hydrogens (tertiary/aromatic N) is 2. The third-order valence-corrected chi connectivity index (χ3v) is 3.67. The SMILES string of the molecule is CN1C(=O)CC(Nc2cccc(OCc3ccccn3)c2)C1=O. The van der Waals surface area contributed by atoms with Crippen LogP contribution in [0.15, 0.2) is 48.7 Å². The Morgan fingerprint density at radius 2 is 2.13 bits per heavy atom. The van der Waals surface area contributed by atoms with E-state index in [9.17, 15) is 9.59 Å². The number of pyridine rings is 1. The third kappa shape index (κ3) is 3.48. The fourth-order valence-corrected chi connectivity index (χ4v) is 2.39.